The standard InChI is InChI=1S/C10H18O2.Fe/c11-10(12)8-4-7-9-5-2-1-3-6-9;/h9H,1-8H2,(H,11,12);/q;+3/p-1. The van der Waals surface area contributed by atoms with Gasteiger partial charge in [-0.25, -0.2) is 0 Å². The van der Waals surface area contributed by atoms with Gasteiger partial charge in [0.2, 0.25) is 0 Å². The maximum Gasteiger partial charge on any atom is 3.00 e. The van der Waals surface area contributed by atoms with E-state index < -0.39 is 5.97 Å². The Morgan fingerprint density at radius 2 is 1.85 bits per heavy atom. The molecule has 75 valence electrons. The maximum atomic E-state index is 10.1. The fraction of sp³-hybridized carbons (Fsp3) is 0.900. The first-order valence-corrected chi connectivity index (χ1v) is 4.99. The van der Waals surface area contributed by atoms with E-state index in [2.05, 4.69) is 0 Å². The molecule has 0 aromatic heterocycles. The third-order valence-corrected chi connectivity index (χ3v) is 2.72. The molecule has 0 atom stereocenters. The van der Waals surface area contributed by atoms with E-state index in [1.807, 2.05) is 0 Å². The van der Waals surface area contributed by atoms with Crippen LogP contribution in [0.25, 0.3) is 0 Å². The first-order chi connectivity index (χ1) is 5.79. The van der Waals surface area contributed by atoms with E-state index in [1.165, 1.54) is 32.1 Å². The third kappa shape index (κ3) is 6.11. The number of aliphatic carboxylic acids is 1. The van der Waals surface area contributed by atoms with Gasteiger partial charge >= 0.3 is 17.1 Å². The molecular weight excluding hydrogens is 208 g/mol. The Hall–Kier alpha value is -0.0105. The summed E-state index contributed by atoms with van der Waals surface area (Å²) in [6, 6.07) is 0. The van der Waals surface area contributed by atoms with Crippen molar-refractivity contribution in [1.82, 2.24) is 0 Å². The van der Waals surface area contributed by atoms with Crippen LogP contribution < -0.4 is 5.11 Å². The first kappa shape index (κ1) is 13.0. The fourth-order valence-corrected chi connectivity index (χ4v) is 2.01. The van der Waals surface area contributed by atoms with Crippen molar-refractivity contribution in [3.05, 3.63) is 0 Å². The molecule has 1 rings (SSSR count). The first-order valence-electron chi connectivity index (χ1n) is 4.99. The Labute approximate surface area is 90.6 Å². The summed E-state index contributed by atoms with van der Waals surface area (Å²) < 4.78 is 0. The molecule has 0 N–H and O–H groups in total. The number of carbonyl (C=O) groups is 1. The average molecular weight is 225 g/mol. The molecule has 1 saturated carbocycles. The number of hydrogen-bond acceptors (Lipinski definition) is 2. The van der Waals surface area contributed by atoms with Gasteiger partial charge in [0.25, 0.3) is 0 Å². The predicted molar refractivity (Wildman–Crippen MR) is 45.4 cm³/mol. The van der Waals surface area contributed by atoms with Crippen LogP contribution >= 0.6 is 0 Å². The van der Waals surface area contributed by atoms with Gasteiger partial charge < -0.3 is 9.90 Å². The fourth-order valence-electron chi connectivity index (χ4n) is 2.01. The zero-order valence-corrected chi connectivity index (χ0v) is 9.01. The molecule has 0 aliphatic heterocycles. The van der Waals surface area contributed by atoms with Crippen molar-refractivity contribution in [2.24, 2.45) is 5.92 Å². The molecule has 0 unspecified atom stereocenters. The van der Waals surface area contributed by atoms with Crippen molar-refractivity contribution in [2.75, 3.05) is 0 Å². The number of carboxylic acids is 1. The molecular formula is C10H17FeO2+2. The summed E-state index contributed by atoms with van der Waals surface area (Å²) in [5, 5.41) is 10.1. The molecule has 0 aromatic rings. The van der Waals surface area contributed by atoms with Crippen molar-refractivity contribution in [3.8, 4) is 0 Å². The summed E-state index contributed by atoms with van der Waals surface area (Å²) in [6.07, 6.45) is 8.83. The number of carbonyl (C=O) groups excluding carboxylic acids is 1. The van der Waals surface area contributed by atoms with Gasteiger partial charge in [-0.15, -0.1) is 0 Å². The van der Waals surface area contributed by atoms with Crippen molar-refractivity contribution in [3.63, 3.8) is 0 Å². The molecule has 0 heterocycles. The summed E-state index contributed by atoms with van der Waals surface area (Å²) in [6.45, 7) is 0. The van der Waals surface area contributed by atoms with E-state index in [-0.39, 0.29) is 23.5 Å². The topological polar surface area (TPSA) is 40.1 Å². The van der Waals surface area contributed by atoms with Crippen molar-refractivity contribution in [2.45, 2.75) is 51.4 Å². The van der Waals surface area contributed by atoms with Crippen LogP contribution in [0.15, 0.2) is 0 Å². The van der Waals surface area contributed by atoms with E-state index in [0.29, 0.717) is 0 Å². The molecule has 1 fully saturated rings. The molecule has 1 radical (unpaired) electrons. The van der Waals surface area contributed by atoms with E-state index in [9.17, 15) is 9.90 Å². The van der Waals surface area contributed by atoms with Crippen molar-refractivity contribution < 1.29 is 27.0 Å². The van der Waals surface area contributed by atoms with E-state index in [0.717, 1.165) is 18.8 Å². The summed E-state index contributed by atoms with van der Waals surface area (Å²) in [4.78, 5) is 10.1. The van der Waals surface area contributed by atoms with Gasteiger partial charge in [0.1, 0.15) is 0 Å². The van der Waals surface area contributed by atoms with Crippen LogP contribution in [-0.4, -0.2) is 5.97 Å². The summed E-state index contributed by atoms with van der Waals surface area (Å²) in [5.74, 6) is -0.0936. The summed E-state index contributed by atoms with van der Waals surface area (Å²) in [7, 11) is 0. The molecule has 0 bridgehead atoms. The Bertz CT molecular complexity index is 142. The van der Waals surface area contributed by atoms with Gasteiger partial charge in [-0.1, -0.05) is 38.5 Å². The maximum absolute atomic E-state index is 10.1. The molecule has 3 heteroatoms. The third-order valence-electron chi connectivity index (χ3n) is 2.72. The summed E-state index contributed by atoms with van der Waals surface area (Å²) >= 11 is 0. The van der Waals surface area contributed by atoms with E-state index >= 15 is 0 Å². The normalized spacial score (nSPS) is 17.8. The molecule has 0 spiro atoms. The van der Waals surface area contributed by atoms with E-state index in [4.69, 9.17) is 0 Å². The Kier molecular flexibility index (Phi) is 7.39. The smallest absolute Gasteiger partial charge is 0.550 e. The largest absolute Gasteiger partial charge is 3.00 e. The second-order valence-corrected chi connectivity index (χ2v) is 3.77. The Balaban J connectivity index is 0.00000144. The van der Waals surface area contributed by atoms with Gasteiger partial charge in [0, 0.05) is 5.97 Å². The molecule has 13 heavy (non-hydrogen) atoms. The predicted octanol–water partition coefficient (Wildman–Crippen LogP) is 1.48. The van der Waals surface area contributed by atoms with Crippen molar-refractivity contribution in [1.29, 1.82) is 0 Å². The average Bonchev–Trinajstić information content (AvgIpc) is 2.05. The van der Waals surface area contributed by atoms with Crippen LogP contribution in [0.1, 0.15) is 51.4 Å². The molecule has 0 aromatic carbocycles. The minimum Gasteiger partial charge on any atom is -0.550 e. The van der Waals surface area contributed by atoms with Crippen LogP contribution in [0, 0.1) is 5.92 Å². The quantitative estimate of drug-likeness (QED) is 0.680. The monoisotopic (exact) mass is 225 g/mol. The minimum atomic E-state index is -0.897. The molecule has 1 aliphatic carbocycles. The van der Waals surface area contributed by atoms with Crippen LogP contribution in [0.3, 0.4) is 0 Å². The number of rotatable bonds is 4. The second kappa shape index (κ2) is 7.40. The van der Waals surface area contributed by atoms with Gasteiger partial charge in [0.15, 0.2) is 0 Å². The molecule has 1 aliphatic rings. The minimum absolute atomic E-state index is 0. The van der Waals surface area contributed by atoms with Crippen LogP contribution in [0.5, 0.6) is 0 Å². The SMILES string of the molecule is O=C([O-])CCCC1CCCCC1.[Fe+3]. The van der Waals surface area contributed by atoms with Gasteiger partial charge in [-0.05, 0) is 18.8 Å². The van der Waals surface area contributed by atoms with Crippen LogP contribution in [-0.2, 0) is 21.9 Å². The second-order valence-electron chi connectivity index (χ2n) is 3.77. The zero-order chi connectivity index (χ0) is 8.81. The van der Waals surface area contributed by atoms with Crippen LogP contribution in [0.4, 0.5) is 0 Å². The van der Waals surface area contributed by atoms with Gasteiger partial charge in [0.05, 0.1) is 0 Å². The van der Waals surface area contributed by atoms with Gasteiger partial charge in [-0.2, -0.15) is 0 Å². The molecule has 0 saturated heterocycles. The Morgan fingerprint density at radius 1 is 1.23 bits per heavy atom. The molecule has 0 amide bonds. The Morgan fingerprint density at radius 3 is 2.38 bits per heavy atom. The van der Waals surface area contributed by atoms with Crippen molar-refractivity contribution >= 4 is 5.97 Å². The van der Waals surface area contributed by atoms with Crippen LogP contribution in [0.2, 0.25) is 0 Å². The van der Waals surface area contributed by atoms with E-state index in [1.54, 1.807) is 0 Å². The summed E-state index contributed by atoms with van der Waals surface area (Å²) in [5.41, 5.74) is 0. The number of hydrogen-bond donors (Lipinski definition) is 0. The zero-order valence-electron chi connectivity index (χ0n) is 7.90. The molecule has 2 nitrogen and oxygen atoms in total. The number of carboxylic acid groups (broad SMARTS) is 1. The van der Waals surface area contributed by atoms with Gasteiger partial charge in [-0.3, -0.25) is 0 Å².